The van der Waals surface area contributed by atoms with Crippen molar-refractivity contribution in [2.75, 3.05) is 17.3 Å². The fourth-order valence-corrected chi connectivity index (χ4v) is 5.95. The topological polar surface area (TPSA) is 139 Å². The minimum Gasteiger partial charge on any atom is -0.477 e. The number of hydrogen-bond acceptors (Lipinski definition) is 8. The number of rotatable bonds is 9. The van der Waals surface area contributed by atoms with Crippen LogP contribution in [0.3, 0.4) is 0 Å². The molecule has 2 atom stereocenters. The van der Waals surface area contributed by atoms with E-state index in [-0.39, 0.29) is 17.4 Å². The van der Waals surface area contributed by atoms with Crippen molar-refractivity contribution in [1.29, 1.82) is 5.26 Å². The van der Waals surface area contributed by atoms with E-state index < -0.39 is 23.3 Å². The number of nitriles is 1. The van der Waals surface area contributed by atoms with Gasteiger partial charge in [0, 0.05) is 28.7 Å². The number of aliphatic carboxylic acids is 1. The molecular formula is C17H17N5O4S3. The molecule has 0 radical (unpaired) electrons. The number of carboxylic acid groups (broad SMARTS) is 1. The summed E-state index contributed by atoms with van der Waals surface area (Å²) in [6.45, 7) is 0. The fourth-order valence-electron chi connectivity index (χ4n) is 2.83. The summed E-state index contributed by atoms with van der Waals surface area (Å²) in [6, 6.07) is 1.09. The second-order valence-electron chi connectivity index (χ2n) is 5.98. The van der Waals surface area contributed by atoms with E-state index in [0.717, 1.165) is 23.7 Å². The number of nitrogens with zero attached hydrogens (tertiary/aromatic N) is 3. The number of fused-ring (bicyclic) bond motifs is 1. The van der Waals surface area contributed by atoms with Crippen molar-refractivity contribution >= 4 is 53.1 Å². The van der Waals surface area contributed by atoms with Gasteiger partial charge in [-0.05, 0) is 17.4 Å². The zero-order chi connectivity index (χ0) is 20.8. The smallest absolute Gasteiger partial charge is 0.353 e. The number of hydrogen-bond donors (Lipinski definition) is 3. The normalized spacial score (nSPS) is 20.9. The predicted molar refractivity (Wildman–Crippen MR) is 112 cm³/mol. The number of H-pyrrole nitrogens is 1. The molecule has 12 heteroatoms. The maximum absolute atomic E-state index is 12.5. The Morgan fingerprint density at radius 3 is 3.07 bits per heavy atom. The van der Waals surface area contributed by atoms with Gasteiger partial charge in [-0.2, -0.15) is 10.4 Å². The average Bonchev–Trinajstić information content (AvgIpc) is 3.22. The summed E-state index contributed by atoms with van der Waals surface area (Å²) in [6.07, 6.45) is 5.51. The van der Waals surface area contributed by atoms with Crippen LogP contribution in [0.2, 0.25) is 0 Å². The minimum atomic E-state index is -1.14. The van der Waals surface area contributed by atoms with E-state index in [4.69, 9.17) is 5.26 Å². The molecule has 0 unspecified atom stereocenters. The molecule has 2 aliphatic heterocycles. The quantitative estimate of drug-likeness (QED) is 0.373. The van der Waals surface area contributed by atoms with Crippen molar-refractivity contribution in [1.82, 2.24) is 20.4 Å². The summed E-state index contributed by atoms with van der Waals surface area (Å²) in [4.78, 5) is 38.3. The van der Waals surface area contributed by atoms with Gasteiger partial charge >= 0.3 is 5.97 Å². The molecule has 3 heterocycles. The van der Waals surface area contributed by atoms with Gasteiger partial charge in [-0.1, -0.05) is 0 Å². The van der Waals surface area contributed by atoms with Gasteiger partial charge in [0.15, 0.2) is 0 Å². The fraction of sp³-hybridized carbons (Fsp3) is 0.353. The van der Waals surface area contributed by atoms with Crippen molar-refractivity contribution in [3.05, 3.63) is 40.0 Å². The molecule has 0 saturated carbocycles. The Kier molecular flexibility index (Phi) is 7.29. The molecule has 152 valence electrons. The lowest BCUT2D eigenvalue weighted by Gasteiger charge is -2.49. The highest BCUT2D eigenvalue weighted by atomic mass is 32.2. The number of aromatic amines is 1. The number of carboxylic acids is 1. The van der Waals surface area contributed by atoms with Crippen molar-refractivity contribution in [3.8, 4) is 6.07 Å². The van der Waals surface area contributed by atoms with Gasteiger partial charge in [-0.25, -0.2) is 4.79 Å². The second kappa shape index (κ2) is 9.91. The lowest BCUT2D eigenvalue weighted by Crippen LogP contribution is -2.70. The second-order valence-corrected chi connectivity index (χ2v) is 9.17. The van der Waals surface area contributed by atoms with Crippen LogP contribution in [0.15, 0.2) is 34.5 Å². The Hall–Kier alpha value is -2.36. The van der Waals surface area contributed by atoms with Gasteiger partial charge in [0.05, 0.1) is 18.0 Å². The van der Waals surface area contributed by atoms with Crippen LogP contribution in [0.4, 0.5) is 0 Å². The predicted octanol–water partition coefficient (Wildman–Crippen LogP) is 1.15. The summed E-state index contributed by atoms with van der Waals surface area (Å²) in [5.41, 5.74) is 1.04. The SMILES string of the molecule is N#C/C=C\SCC(=O)N[C@@H]1C(=O)N2C(C(=O)O)=C(SCCc3cn[nH]c3)CS[C@@H]12. The third kappa shape index (κ3) is 4.98. The molecular weight excluding hydrogens is 434 g/mol. The zero-order valence-electron chi connectivity index (χ0n) is 15.0. The van der Waals surface area contributed by atoms with Crippen LogP contribution in [0.25, 0.3) is 0 Å². The summed E-state index contributed by atoms with van der Waals surface area (Å²) in [5, 5.41) is 28.4. The maximum atomic E-state index is 12.5. The molecule has 3 rings (SSSR count). The molecule has 2 aliphatic rings. The number of aryl methyl sites for hydroxylation is 1. The number of amides is 2. The number of allylic oxidation sites excluding steroid dienone is 1. The van der Waals surface area contributed by atoms with Crippen molar-refractivity contribution in [2.45, 2.75) is 17.8 Å². The highest BCUT2D eigenvalue weighted by Crippen LogP contribution is 2.43. The number of nitrogens with one attached hydrogen (secondary N) is 2. The maximum Gasteiger partial charge on any atom is 0.353 e. The number of aromatic nitrogens is 2. The van der Waals surface area contributed by atoms with Crippen LogP contribution >= 0.6 is 35.3 Å². The van der Waals surface area contributed by atoms with E-state index in [1.165, 1.54) is 39.9 Å². The average molecular weight is 452 g/mol. The van der Waals surface area contributed by atoms with Crippen LogP contribution in [-0.2, 0) is 20.8 Å². The zero-order valence-corrected chi connectivity index (χ0v) is 17.5. The van der Waals surface area contributed by atoms with Gasteiger partial charge in [0.1, 0.15) is 17.1 Å². The first-order valence-electron chi connectivity index (χ1n) is 8.50. The molecule has 9 nitrogen and oxygen atoms in total. The van der Waals surface area contributed by atoms with Gasteiger partial charge in [0.2, 0.25) is 5.91 Å². The Labute approximate surface area is 179 Å². The van der Waals surface area contributed by atoms with E-state index in [9.17, 15) is 19.5 Å². The lowest BCUT2D eigenvalue weighted by atomic mass is 10.1. The molecule has 1 aromatic heterocycles. The molecule has 1 aromatic rings. The largest absolute Gasteiger partial charge is 0.477 e. The molecule has 0 bridgehead atoms. The molecule has 0 spiro atoms. The highest BCUT2D eigenvalue weighted by molar-refractivity contribution is 8.06. The summed E-state index contributed by atoms with van der Waals surface area (Å²) in [7, 11) is 0. The number of thioether (sulfide) groups is 3. The van der Waals surface area contributed by atoms with Crippen LogP contribution in [0, 0.1) is 11.3 Å². The third-order valence-corrected chi connectivity index (χ3v) is 7.44. The van der Waals surface area contributed by atoms with Crippen LogP contribution in [0.1, 0.15) is 5.56 Å². The molecule has 1 saturated heterocycles. The van der Waals surface area contributed by atoms with Gasteiger partial charge in [-0.15, -0.1) is 35.3 Å². The molecule has 0 aliphatic carbocycles. The summed E-state index contributed by atoms with van der Waals surface area (Å²) >= 11 is 4.01. The van der Waals surface area contributed by atoms with Gasteiger partial charge in [-0.3, -0.25) is 19.6 Å². The van der Waals surface area contributed by atoms with Crippen LogP contribution < -0.4 is 5.32 Å². The summed E-state index contributed by atoms with van der Waals surface area (Å²) in [5.74, 6) is -0.673. The molecule has 0 aromatic carbocycles. The van der Waals surface area contributed by atoms with Crippen molar-refractivity contribution in [3.63, 3.8) is 0 Å². The highest BCUT2D eigenvalue weighted by Gasteiger charge is 2.54. The lowest BCUT2D eigenvalue weighted by molar-refractivity contribution is -0.150. The Morgan fingerprint density at radius 2 is 2.38 bits per heavy atom. The number of carbonyl (C=O) groups is 3. The number of carbonyl (C=O) groups excluding carboxylic acids is 2. The van der Waals surface area contributed by atoms with E-state index in [0.29, 0.717) is 16.4 Å². The standard InChI is InChI=1S/C17H17N5O4S3/c18-3-1-4-27-9-12(23)21-13-15(24)22-14(17(25)26)11(8-29-16(13)22)28-5-2-10-6-19-20-7-10/h1,4,6-7,13,16H,2,5,8-9H2,(H,19,20)(H,21,23)(H,25,26)/b4-1-/t13-,16+/m1/s1. The first-order valence-corrected chi connectivity index (χ1v) is 11.6. The van der Waals surface area contributed by atoms with Crippen molar-refractivity contribution in [2.24, 2.45) is 0 Å². The van der Waals surface area contributed by atoms with Gasteiger partial charge < -0.3 is 10.4 Å². The third-order valence-electron chi connectivity index (χ3n) is 4.13. The van der Waals surface area contributed by atoms with Crippen LogP contribution in [0.5, 0.6) is 0 Å². The van der Waals surface area contributed by atoms with Crippen LogP contribution in [-0.4, -0.2) is 66.7 Å². The Balaban J connectivity index is 1.60. The molecule has 3 N–H and O–H groups in total. The summed E-state index contributed by atoms with van der Waals surface area (Å²) < 4.78 is 0. The van der Waals surface area contributed by atoms with E-state index in [2.05, 4.69) is 15.5 Å². The molecule has 2 amide bonds. The Bertz CT molecular complexity index is 893. The molecule has 1 fully saturated rings. The monoisotopic (exact) mass is 451 g/mol. The van der Waals surface area contributed by atoms with E-state index in [1.54, 1.807) is 12.4 Å². The molecule has 29 heavy (non-hydrogen) atoms. The first kappa shape index (κ1) is 21.4. The number of β-lactam (4-membered cyclic amide) rings is 1. The van der Waals surface area contributed by atoms with E-state index in [1.807, 2.05) is 6.07 Å². The van der Waals surface area contributed by atoms with E-state index >= 15 is 0 Å². The first-order chi connectivity index (χ1) is 14.0. The van der Waals surface area contributed by atoms with Gasteiger partial charge in [0.25, 0.3) is 5.91 Å². The minimum absolute atomic E-state index is 0.00720. The Morgan fingerprint density at radius 1 is 1.55 bits per heavy atom. The van der Waals surface area contributed by atoms with Crippen molar-refractivity contribution < 1.29 is 19.5 Å².